The topological polar surface area (TPSA) is 20.2 Å². The van der Waals surface area contributed by atoms with Crippen molar-refractivity contribution in [2.75, 3.05) is 0 Å². The van der Waals surface area contributed by atoms with Gasteiger partial charge in [0.2, 0.25) is 0 Å². The monoisotopic (exact) mass is 168 g/mol. The van der Waals surface area contributed by atoms with Crippen LogP contribution in [0.4, 0.5) is 0 Å². The van der Waals surface area contributed by atoms with E-state index < -0.39 is 0 Å². The average molecular weight is 168 g/mol. The lowest BCUT2D eigenvalue weighted by Gasteiger charge is -2.05. The molecule has 2 unspecified atom stereocenters. The fourth-order valence-electron chi connectivity index (χ4n) is 1.43. The minimum Gasteiger partial charge on any atom is -0.389 e. The van der Waals surface area contributed by atoms with Gasteiger partial charge in [0, 0.05) is 11.3 Å². The quantitative estimate of drug-likeness (QED) is 0.716. The molecule has 1 aromatic rings. The summed E-state index contributed by atoms with van der Waals surface area (Å²) in [6.45, 7) is 2.10. The molecule has 1 aromatic heterocycles. The van der Waals surface area contributed by atoms with E-state index in [2.05, 4.69) is 18.4 Å². The maximum Gasteiger partial charge on any atom is 0.0725 e. The molecule has 0 saturated heterocycles. The highest BCUT2D eigenvalue weighted by Gasteiger charge is 2.49. The Balaban J connectivity index is 2.02. The minimum atomic E-state index is -0.356. The molecule has 1 nitrogen and oxygen atoms in total. The van der Waals surface area contributed by atoms with E-state index in [-0.39, 0.29) is 5.60 Å². The maximum atomic E-state index is 9.78. The Hall–Kier alpha value is -0.340. The molecule has 1 saturated carbocycles. The number of aliphatic hydroxyl groups is 1. The van der Waals surface area contributed by atoms with Crippen molar-refractivity contribution in [1.29, 1.82) is 0 Å². The Morgan fingerprint density at radius 1 is 1.82 bits per heavy atom. The second kappa shape index (κ2) is 2.32. The first kappa shape index (κ1) is 7.32. The smallest absolute Gasteiger partial charge is 0.0725 e. The van der Waals surface area contributed by atoms with Crippen LogP contribution in [0.15, 0.2) is 17.5 Å². The first-order valence-electron chi connectivity index (χ1n) is 3.95. The Morgan fingerprint density at radius 2 is 2.55 bits per heavy atom. The Morgan fingerprint density at radius 3 is 3.00 bits per heavy atom. The van der Waals surface area contributed by atoms with Gasteiger partial charge in [0.25, 0.3) is 0 Å². The van der Waals surface area contributed by atoms with Crippen LogP contribution < -0.4 is 0 Å². The Bertz CT molecular complexity index is 242. The van der Waals surface area contributed by atoms with Crippen LogP contribution in [-0.4, -0.2) is 10.7 Å². The van der Waals surface area contributed by atoms with E-state index >= 15 is 0 Å². The van der Waals surface area contributed by atoms with Gasteiger partial charge in [-0.2, -0.15) is 0 Å². The summed E-state index contributed by atoms with van der Waals surface area (Å²) in [7, 11) is 0. The molecule has 2 atom stereocenters. The van der Waals surface area contributed by atoms with E-state index in [1.165, 1.54) is 4.88 Å². The molecule has 1 aliphatic rings. The molecule has 60 valence electrons. The van der Waals surface area contributed by atoms with Crippen LogP contribution in [-0.2, 0) is 6.42 Å². The van der Waals surface area contributed by atoms with Crippen molar-refractivity contribution in [3.8, 4) is 0 Å². The zero-order valence-corrected chi connectivity index (χ0v) is 7.40. The summed E-state index contributed by atoms with van der Waals surface area (Å²) in [4.78, 5) is 1.30. The van der Waals surface area contributed by atoms with E-state index in [4.69, 9.17) is 0 Å². The molecule has 1 heterocycles. The van der Waals surface area contributed by atoms with Crippen LogP contribution in [0.1, 0.15) is 18.2 Å². The lowest BCUT2D eigenvalue weighted by atomic mass is 10.1. The van der Waals surface area contributed by atoms with Crippen molar-refractivity contribution in [1.82, 2.24) is 0 Å². The molecule has 2 rings (SSSR count). The maximum absolute atomic E-state index is 9.78. The zero-order chi connectivity index (χ0) is 7.90. The van der Waals surface area contributed by atoms with Crippen LogP contribution in [0, 0.1) is 5.92 Å². The Kier molecular flexibility index (Phi) is 1.55. The van der Waals surface area contributed by atoms with E-state index in [0.29, 0.717) is 5.92 Å². The van der Waals surface area contributed by atoms with Crippen LogP contribution >= 0.6 is 11.3 Å². The van der Waals surface area contributed by atoms with Gasteiger partial charge in [-0.1, -0.05) is 13.0 Å². The molecule has 11 heavy (non-hydrogen) atoms. The number of thiophene rings is 1. The van der Waals surface area contributed by atoms with Crippen LogP contribution in [0.3, 0.4) is 0 Å². The predicted octanol–water partition coefficient (Wildman–Crippen LogP) is 2.06. The van der Waals surface area contributed by atoms with E-state index in [1.54, 1.807) is 11.3 Å². The molecule has 0 aromatic carbocycles. The lowest BCUT2D eigenvalue weighted by Crippen LogP contribution is -2.12. The molecule has 0 amide bonds. The fraction of sp³-hybridized carbons (Fsp3) is 0.556. The highest BCUT2D eigenvalue weighted by Crippen LogP contribution is 2.45. The molecule has 0 bridgehead atoms. The Labute approximate surface area is 70.7 Å². The van der Waals surface area contributed by atoms with Crippen molar-refractivity contribution in [2.45, 2.75) is 25.4 Å². The molecule has 1 aliphatic carbocycles. The molecule has 1 N–H and O–H groups in total. The SMILES string of the molecule is CC1CC1(O)Cc1cccs1. The van der Waals surface area contributed by atoms with Gasteiger partial charge in [-0.25, -0.2) is 0 Å². The molecular formula is C9H12OS. The minimum absolute atomic E-state index is 0.356. The second-order valence-electron chi connectivity index (χ2n) is 3.46. The van der Waals surface area contributed by atoms with E-state index in [9.17, 15) is 5.11 Å². The van der Waals surface area contributed by atoms with Crippen molar-refractivity contribution < 1.29 is 5.11 Å². The van der Waals surface area contributed by atoms with Crippen LogP contribution in [0.2, 0.25) is 0 Å². The first-order chi connectivity index (χ1) is 5.21. The third kappa shape index (κ3) is 1.33. The van der Waals surface area contributed by atoms with Gasteiger partial charge in [-0.3, -0.25) is 0 Å². The average Bonchev–Trinajstić information content (AvgIpc) is 2.43. The van der Waals surface area contributed by atoms with Gasteiger partial charge >= 0.3 is 0 Å². The van der Waals surface area contributed by atoms with Crippen molar-refractivity contribution in [3.05, 3.63) is 22.4 Å². The fourth-order valence-corrected chi connectivity index (χ4v) is 2.25. The molecule has 1 fully saturated rings. The number of hydrogen-bond acceptors (Lipinski definition) is 2. The molecular weight excluding hydrogens is 156 g/mol. The van der Waals surface area contributed by atoms with Crippen LogP contribution in [0.5, 0.6) is 0 Å². The molecule has 0 radical (unpaired) electrons. The summed E-state index contributed by atoms with van der Waals surface area (Å²) in [5.74, 6) is 0.504. The van der Waals surface area contributed by atoms with Gasteiger partial charge in [0.15, 0.2) is 0 Å². The second-order valence-corrected chi connectivity index (χ2v) is 4.50. The lowest BCUT2D eigenvalue weighted by molar-refractivity contribution is 0.136. The summed E-state index contributed by atoms with van der Waals surface area (Å²) in [6, 6.07) is 4.13. The highest BCUT2D eigenvalue weighted by atomic mass is 32.1. The third-order valence-electron chi connectivity index (χ3n) is 2.48. The summed E-state index contributed by atoms with van der Waals surface area (Å²) < 4.78 is 0. The summed E-state index contributed by atoms with van der Waals surface area (Å²) in [5.41, 5.74) is -0.356. The van der Waals surface area contributed by atoms with Gasteiger partial charge in [0.05, 0.1) is 5.60 Å². The van der Waals surface area contributed by atoms with Crippen molar-refractivity contribution >= 4 is 11.3 Å². The predicted molar refractivity (Wildman–Crippen MR) is 46.8 cm³/mol. The van der Waals surface area contributed by atoms with Gasteiger partial charge in [-0.15, -0.1) is 11.3 Å². The zero-order valence-electron chi connectivity index (χ0n) is 6.58. The molecule has 0 spiro atoms. The number of rotatable bonds is 2. The normalized spacial score (nSPS) is 35.6. The first-order valence-corrected chi connectivity index (χ1v) is 4.83. The summed E-state index contributed by atoms with van der Waals surface area (Å²) >= 11 is 1.73. The van der Waals surface area contributed by atoms with E-state index in [1.807, 2.05) is 6.07 Å². The van der Waals surface area contributed by atoms with Crippen LogP contribution in [0.25, 0.3) is 0 Å². The molecule has 0 aliphatic heterocycles. The van der Waals surface area contributed by atoms with Crippen molar-refractivity contribution in [2.24, 2.45) is 5.92 Å². The largest absolute Gasteiger partial charge is 0.389 e. The third-order valence-corrected chi connectivity index (χ3v) is 3.35. The van der Waals surface area contributed by atoms with Crippen molar-refractivity contribution in [3.63, 3.8) is 0 Å². The van der Waals surface area contributed by atoms with Gasteiger partial charge < -0.3 is 5.11 Å². The van der Waals surface area contributed by atoms with Gasteiger partial charge in [0.1, 0.15) is 0 Å². The number of hydrogen-bond donors (Lipinski definition) is 1. The standard InChI is InChI=1S/C9H12OS/c1-7-5-9(7,10)6-8-3-2-4-11-8/h2-4,7,10H,5-6H2,1H3. The summed E-state index contributed by atoms with van der Waals surface area (Å²) in [6.07, 6.45) is 1.83. The summed E-state index contributed by atoms with van der Waals surface area (Å²) in [5, 5.41) is 11.8. The molecule has 2 heteroatoms. The van der Waals surface area contributed by atoms with E-state index in [0.717, 1.165) is 12.8 Å². The highest BCUT2D eigenvalue weighted by molar-refractivity contribution is 7.09. The van der Waals surface area contributed by atoms with Gasteiger partial charge in [-0.05, 0) is 23.8 Å².